The lowest BCUT2D eigenvalue weighted by molar-refractivity contribution is 1.28. The maximum atomic E-state index is 2.40. The number of hydrogen-bond acceptors (Lipinski definition) is 2. The summed E-state index contributed by atoms with van der Waals surface area (Å²) in [6.07, 6.45) is 0. The number of benzene rings is 10. The van der Waals surface area contributed by atoms with Gasteiger partial charge >= 0.3 is 0 Å². The Morgan fingerprint density at radius 2 is 0.516 bits per heavy atom. The van der Waals surface area contributed by atoms with E-state index in [4.69, 9.17) is 0 Å². The van der Waals surface area contributed by atoms with Crippen LogP contribution >= 0.6 is 0 Å². The maximum absolute atomic E-state index is 2.40. The minimum Gasteiger partial charge on any atom is -0.310 e. The molecule has 0 aliphatic carbocycles. The van der Waals surface area contributed by atoms with E-state index in [-0.39, 0.29) is 0 Å². The van der Waals surface area contributed by atoms with Gasteiger partial charge in [-0.25, -0.2) is 0 Å². The monoisotopic (exact) mass is 792 g/mol. The molecule has 10 aromatic rings. The van der Waals surface area contributed by atoms with Crippen LogP contribution in [0.5, 0.6) is 0 Å². The highest BCUT2D eigenvalue weighted by molar-refractivity contribution is 5.97. The summed E-state index contributed by atoms with van der Waals surface area (Å²) in [6, 6.07) is 95.7. The van der Waals surface area contributed by atoms with Crippen LogP contribution in [-0.2, 0) is 0 Å². The quantitative estimate of drug-likeness (QED) is 0.129. The first-order chi connectivity index (χ1) is 30.8. The number of nitrogens with zero attached hydrogens (tertiary/aromatic N) is 2. The van der Waals surface area contributed by atoms with Crippen molar-refractivity contribution in [2.24, 2.45) is 0 Å². The van der Waals surface area contributed by atoms with E-state index in [2.05, 4.69) is 277 Å². The Labute approximate surface area is 364 Å². The van der Waals surface area contributed by atoms with Crippen LogP contribution < -0.4 is 9.80 Å². The van der Waals surface area contributed by atoms with Gasteiger partial charge in [-0.3, -0.25) is 0 Å². The van der Waals surface area contributed by atoms with Gasteiger partial charge in [0.2, 0.25) is 0 Å². The zero-order valence-electron chi connectivity index (χ0n) is 34.3. The van der Waals surface area contributed by atoms with Gasteiger partial charge in [0.1, 0.15) is 0 Å². The SMILES string of the molecule is c1ccc(-c2ccccc2-c2ccc(N(c3ccccc3)c3ccccc3-c3ccccc3)cc2-c2cccc(N(c3ccccc3)c3ccccc3-c3ccccc3)c2)cc1. The highest BCUT2D eigenvalue weighted by atomic mass is 15.2. The molecule has 0 heterocycles. The smallest absolute Gasteiger partial charge is 0.0540 e. The third-order valence-electron chi connectivity index (χ3n) is 11.5. The van der Waals surface area contributed by atoms with E-state index in [0.717, 1.165) is 61.9 Å². The molecular formula is C60H44N2. The van der Waals surface area contributed by atoms with Gasteiger partial charge in [-0.15, -0.1) is 0 Å². The lowest BCUT2D eigenvalue weighted by Gasteiger charge is -2.30. The first-order valence-corrected chi connectivity index (χ1v) is 21.2. The average Bonchev–Trinajstić information content (AvgIpc) is 3.36. The Bertz CT molecular complexity index is 3050. The standard InChI is InChI=1S/C60H44N2/c1-6-23-45(24-7-1)53-35-16-17-38-56(53)57-42-41-52(62(50-32-14-5-15-33-50)60-40-21-19-37-55(60)47-27-10-3-11-28-47)44-58(57)48-29-22-34-51(43-48)61(49-30-12-4-13-31-49)59-39-20-18-36-54(59)46-25-8-2-9-26-46/h1-44H. The molecule has 2 heteroatoms. The van der Waals surface area contributed by atoms with Gasteiger partial charge in [-0.1, -0.05) is 206 Å². The lowest BCUT2D eigenvalue weighted by atomic mass is 9.88. The molecule has 0 N–H and O–H groups in total. The van der Waals surface area contributed by atoms with Crippen molar-refractivity contribution in [3.05, 3.63) is 267 Å². The fourth-order valence-corrected chi connectivity index (χ4v) is 8.61. The zero-order valence-corrected chi connectivity index (χ0v) is 34.3. The van der Waals surface area contributed by atoms with Crippen molar-refractivity contribution in [1.82, 2.24) is 0 Å². The van der Waals surface area contributed by atoms with Crippen molar-refractivity contribution < 1.29 is 0 Å². The van der Waals surface area contributed by atoms with E-state index in [0.29, 0.717) is 0 Å². The predicted molar refractivity (Wildman–Crippen MR) is 263 cm³/mol. The van der Waals surface area contributed by atoms with Crippen molar-refractivity contribution in [2.45, 2.75) is 0 Å². The summed E-state index contributed by atoms with van der Waals surface area (Å²) in [4.78, 5) is 4.79. The molecule has 294 valence electrons. The molecule has 0 bridgehead atoms. The topological polar surface area (TPSA) is 6.48 Å². The van der Waals surface area contributed by atoms with Gasteiger partial charge in [0, 0.05) is 33.9 Å². The fourth-order valence-electron chi connectivity index (χ4n) is 8.61. The molecule has 62 heavy (non-hydrogen) atoms. The summed E-state index contributed by atoms with van der Waals surface area (Å²) in [6.45, 7) is 0. The van der Waals surface area contributed by atoms with Crippen molar-refractivity contribution in [3.8, 4) is 55.6 Å². The van der Waals surface area contributed by atoms with Gasteiger partial charge in [-0.05, 0) is 105 Å². The number of hydrogen-bond donors (Lipinski definition) is 0. The molecule has 0 saturated carbocycles. The molecule has 0 aromatic heterocycles. The Hall–Kier alpha value is -8.20. The van der Waals surface area contributed by atoms with Crippen LogP contribution in [-0.4, -0.2) is 0 Å². The molecule has 2 nitrogen and oxygen atoms in total. The van der Waals surface area contributed by atoms with Gasteiger partial charge in [-0.2, -0.15) is 0 Å². The van der Waals surface area contributed by atoms with Crippen LogP contribution in [0.15, 0.2) is 267 Å². The molecule has 0 fully saturated rings. The second-order valence-electron chi connectivity index (χ2n) is 15.3. The normalized spacial score (nSPS) is 10.9. The Balaban J connectivity index is 1.21. The van der Waals surface area contributed by atoms with Gasteiger partial charge < -0.3 is 9.80 Å². The molecule has 0 saturated heterocycles. The molecule has 0 atom stereocenters. The second-order valence-corrected chi connectivity index (χ2v) is 15.3. The number of para-hydroxylation sites is 4. The third-order valence-corrected chi connectivity index (χ3v) is 11.5. The average molecular weight is 793 g/mol. The molecule has 0 radical (unpaired) electrons. The minimum atomic E-state index is 1.07. The Morgan fingerprint density at radius 3 is 1.02 bits per heavy atom. The highest BCUT2D eigenvalue weighted by Gasteiger charge is 2.22. The molecule has 10 aromatic carbocycles. The van der Waals surface area contributed by atoms with Crippen molar-refractivity contribution in [1.29, 1.82) is 0 Å². The van der Waals surface area contributed by atoms with Crippen LogP contribution in [0.3, 0.4) is 0 Å². The largest absolute Gasteiger partial charge is 0.310 e. The predicted octanol–water partition coefficient (Wildman–Crippen LogP) is 17.0. The summed E-state index contributed by atoms with van der Waals surface area (Å²) in [5.41, 5.74) is 18.1. The van der Waals surface area contributed by atoms with Gasteiger partial charge in [0.15, 0.2) is 0 Å². The number of rotatable bonds is 11. The van der Waals surface area contributed by atoms with E-state index < -0.39 is 0 Å². The van der Waals surface area contributed by atoms with Crippen LogP contribution in [0.25, 0.3) is 55.6 Å². The second kappa shape index (κ2) is 17.6. The van der Waals surface area contributed by atoms with Crippen molar-refractivity contribution in [2.75, 3.05) is 9.80 Å². The summed E-state index contributed by atoms with van der Waals surface area (Å²) in [5, 5.41) is 0. The van der Waals surface area contributed by atoms with Crippen LogP contribution in [0.1, 0.15) is 0 Å². The summed E-state index contributed by atoms with van der Waals surface area (Å²) >= 11 is 0. The third kappa shape index (κ3) is 7.70. The first-order valence-electron chi connectivity index (χ1n) is 21.2. The van der Waals surface area contributed by atoms with E-state index >= 15 is 0 Å². The summed E-state index contributed by atoms with van der Waals surface area (Å²) < 4.78 is 0. The number of anilines is 6. The summed E-state index contributed by atoms with van der Waals surface area (Å²) in [5.74, 6) is 0. The van der Waals surface area contributed by atoms with E-state index in [1.165, 1.54) is 27.8 Å². The molecular weight excluding hydrogens is 749 g/mol. The first kappa shape index (κ1) is 38.0. The highest BCUT2D eigenvalue weighted by Crippen LogP contribution is 2.47. The maximum Gasteiger partial charge on any atom is 0.0540 e. The summed E-state index contributed by atoms with van der Waals surface area (Å²) in [7, 11) is 0. The van der Waals surface area contributed by atoms with Gasteiger partial charge in [0.25, 0.3) is 0 Å². The van der Waals surface area contributed by atoms with E-state index in [9.17, 15) is 0 Å². The van der Waals surface area contributed by atoms with Gasteiger partial charge in [0.05, 0.1) is 11.4 Å². The molecule has 0 aliphatic rings. The molecule has 10 rings (SSSR count). The molecule has 0 aliphatic heterocycles. The fraction of sp³-hybridized carbons (Fsp3) is 0. The van der Waals surface area contributed by atoms with Crippen LogP contribution in [0.2, 0.25) is 0 Å². The minimum absolute atomic E-state index is 1.07. The Morgan fingerprint density at radius 1 is 0.177 bits per heavy atom. The van der Waals surface area contributed by atoms with E-state index in [1.807, 2.05) is 0 Å². The van der Waals surface area contributed by atoms with Crippen molar-refractivity contribution in [3.63, 3.8) is 0 Å². The molecule has 0 spiro atoms. The Kier molecular flexibility index (Phi) is 10.8. The molecule has 0 unspecified atom stereocenters. The van der Waals surface area contributed by atoms with E-state index in [1.54, 1.807) is 0 Å². The van der Waals surface area contributed by atoms with Crippen LogP contribution in [0, 0.1) is 0 Å². The zero-order chi connectivity index (χ0) is 41.5. The molecule has 0 amide bonds. The van der Waals surface area contributed by atoms with Crippen LogP contribution in [0.4, 0.5) is 34.1 Å². The van der Waals surface area contributed by atoms with Crippen molar-refractivity contribution >= 4 is 34.1 Å². The lowest BCUT2D eigenvalue weighted by Crippen LogP contribution is -2.12.